The summed E-state index contributed by atoms with van der Waals surface area (Å²) in [6, 6.07) is 5.32. The van der Waals surface area contributed by atoms with Crippen molar-refractivity contribution in [2.45, 2.75) is 30.9 Å². The van der Waals surface area contributed by atoms with Crippen LogP contribution >= 0.6 is 23.4 Å². The minimum absolute atomic E-state index is 0.182. The Bertz CT molecular complexity index is 774. The zero-order valence-corrected chi connectivity index (χ0v) is 13.6. The van der Waals surface area contributed by atoms with Gasteiger partial charge in [-0.25, -0.2) is 4.98 Å². The number of aromatic nitrogens is 3. The number of thioether (sulfide) groups is 1. The first kappa shape index (κ1) is 15.3. The molecule has 2 heterocycles. The number of hydrogen-bond donors (Lipinski definition) is 0. The topological polar surface area (TPSA) is 74.2 Å². The molecule has 0 saturated heterocycles. The molecule has 8 heteroatoms. The van der Waals surface area contributed by atoms with Crippen molar-refractivity contribution in [1.29, 1.82) is 0 Å². The lowest BCUT2D eigenvalue weighted by atomic mass is 10.3. The molecule has 0 aliphatic carbocycles. The predicted molar refractivity (Wildman–Crippen MR) is 82.9 cm³/mol. The average Bonchev–Trinajstić information content (AvgIpc) is 3.11. The Morgan fingerprint density at radius 2 is 2.23 bits per heavy atom. The van der Waals surface area contributed by atoms with E-state index < -0.39 is 0 Å². The lowest BCUT2D eigenvalue weighted by Crippen LogP contribution is -2.01. The van der Waals surface area contributed by atoms with E-state index in [1.165, 1.54) is 11.8 Å². The maximum atomic E-state index is 5.93. The van der Waals surface area contributed by atoms with Crippen LogP contribution in [0.25, 0.3) is 11.1 Å². The molecule has 0 aliphatic rings. The van der Waals surface area contributed by atoms with Crippen molar-refractivity contribution in [3.05, 3.63) is 34.9 Å². The summed E-state index contributed by atoms with van der Waals surface area (Å²) in [6.07, 6.45) is -0.182. The van der Waals surface area contributed by atoms with E-state index in [-0.39, 0.29) is 6.10 Å². The molecule has 0 aliphatic heterocycles. The highest BCUT2D eigenvalue weighted by atomic mass is 35.5. The Morgan fingerprint density at radius 3 is 3.05 bits per heavy atom. The molecule has 0 amide bonds. The van der Waals surface area contributed by atoms with Gasteiger partial charge in [0.1, 0.15) is 11.6 Å². The normalized spacial score (nSPS) is 12.9. The fourth-order valence-electron chi connectivity index (χ4n) is 1.88. The smallest absolute Gasteiger partial charge is 0.257 e. The molecular formula is C14H14ClN3O3S. The highest BCUT2D eigenvalue weighted by Gasteiger charge is 2.15. The maximum Gasteiger partial charge on any atom is 0.257 e. The average molecular weight is 340 g/mol. The van der Waals surface area contributed by atoms with Gasteiger partial charge in [-0.2, -0.15) is 4.98 Å². The van der Waals surface area contributed by atoms with Crippen molar-refractivity contribution >= 4 is 34.5 Å². The Hall–Kier alpha value is -1.57. The summed E-state index contributed by atoms with van der Waals surface area (Å²) >= 11 is 7.31. The van der Waals surface area contributed by atoms with E-state index in [4.69, 9.17) is 25.3 Å². The molecule has 3 rings (SSSR count). The van der Waals surface area contributed by atoms with Crippen LogP contribution < -0.4 is 0 Å². The first-order valence-corrected chi connectivity index (χ1v) is 8.15. The van der Waals surface area contributed by atoms with Crippen molar-refractivity contribution < 1.29 is 13.7 Å². The van der Waals surface area contributed by atoms with Gasteiger partial charge in [-0.3, -0.25) is 0 Å². The van der Waals surface area contributed by atoms with Gasteiger partial charge in [0, 0.05) is 11.6 Å². The molecule has 2 aromatic heterocycles. The molecule has 1 atom stereocenters. The molecule has 0 saturated carbocycles. The third kappa shape index (κ3) is 3.43. The molecule has 0 fully saturated rings. The van der Waals surface area contributed by atoms with Gasteiger partial charge in [-0.15, -0.1) is 0 Å². The quantitative estimate of drug-likeness (QED) is 0.621. The van der Waals surface area contributed by atoms with Crippen LogP contribution in [0.3, 0.4) is 0 Å². The largest absolute Gasteiger partial charge is 0.431 e. The van der Waals surface area contributed by atoms with Crippen LogP contribution in [-0.2, 0) is 10.5 Å². The van der Waals surface area contributed by atoms with Crippen molar-refractivity contribution in [3.63, 3.8) is 0 Å². The number of benzene rings is 1. The molecular weight excluding hydrogens is 326 g/mol. The molecule has 6 nitrogen and oxygen atoms in total. The highest BCUT2D eigenvalue weighted by molar-refractivity contribution is 7.98. The molecule has 22 heavy (non-hydrogen) atoms. The molecule has 116 valence electrons. The zero-order valence-electron chi connectivity index (χ0n) is 12.1. The predicted octanol–water partition coefficient (Wildman–Crippen LogP) is 4.25. The van der Waals surface area contributed by atoms with Crippen molar-refractivity contribution in [2.75, 3.05) is 6.61 Å². The minimum atomic E-state index is -0.182. The van der Waals surface area contributed by atoms with Gasteiger partial charge >= 0.3 is 0 Å². The third-order valence-electron chi connectivity index (χ3n) is 2.91. The number of halogens is 1. The number of nitrogens with zero attached hydrogens (tertiary/aromatic N) is 3. The van der Waals surface area contributed by atoms with Gasteiger partial charge in [-0.05, 0) is 32.0 Å². The number of fused-ring (bicyclic) bond motifs is 1. The lowest BCUT2D eigenvalue weighted by Gasteiger charge is -2.04. The highest BCUT2D eigenvalue weighted by Crippen LogP contribution is 2.27. The summed E-state index contributed by atoms with van der Waals surface area (Å²) in [5, 5.41) is 5.07. The molecule has 3 aromatic rings. The van der Waals surface area contributed by atoms with Gasteiger partial charge in [0.05, 0.1) is 5.75 Å². The van der Waals surface area contributed by atoms with Crippen molar-refractivity contribution in [3.8, 4) is 0 Å². The SMILES string of the molecule is CCO[C@@H](C)c1noc(CSc2nc3cc(Cl)ccc3o2)n1. The van der Waals surface area contributed by atoms with Crippen LogP contribution in [0.1, 0.15) is 31.7 Å². The van der Waals surface area contributed by atoms with E-state index in [9.17, 15) is 0 Å². The van der Waals surface area contributed by atoms with Crippen LogP contribution in [0, 0.1) is 0 Å². The minimum Gasteiger partial charge on any atom is -0.431 e. The van der Waals surface area contributed by atoms with Crippen LogP contribution in [0.4, 0.5) is 0 Å². The number of ether oxygens (including phenoxy) is 1. The van der Waals surface area contributed by atoms with Crippen molar-refractivity contribution in [1.82, 2.24) is 15.1 Å². The Kier molecular flexibility index (Phi) is 4.66. The molecule has 0 bridgehead atoms. The van der Waals surface area contributed by atoms with E-state index in [1.54, 1.807) is 18.2 Å². The third-order valence-corrected chi connectivity index (χ3v) is 3.96. The van der Waals surface area contributed by atoms with Gasteiger partial charge in [0.25, 0.3) is 5.22 Å². The molecule has 0 spiro atoms. The van der Waals surface area contributed by atoms with E-state index >= 15 is 0 Å². The summed E-state index contributed by atoms with van der Waals surface area (Å²) in [4.78, 5) is 8.65. The van der Waals surface area contributed by atoms with Gasteiger partial charge < -0.3 is 13.7 Å². The number of hydrogen-bond acceptors (Lipinski definition) is 7. The van der Waals surface area contributed by atoms with E-state index in [0.29, 0.717) is 39.9 Å². The summed E-state index contributed by atoms with van der Waals surface area (Å²) in [7, 11) is 0. The summed E-state index contributed by atoms with van der Waals surface area (Å²) in [5.41, 5.74) is 1.43. The molecule has 1 aromatic carbocycles. The zero-order chi connectivity index (χ0) is 15.5. The van der Waals surface area contributed by atoms with Crippen molar-refractivity contribution in [2.24, 2.45) is 0 Å². The van der Waals surface area contributed by atoms with Crippen LogP contribution in [0.15, 0.2) is 32.4 Å². The van der Waals surface area contributed by atoms with Crippen LogP contribution in [-0.4, -0.2) is 21.7 Å². The summed E-state index contributed by atoms with van der Waals surface area (Å²) in [6.45, 7) is 4.41. The monoisotopic (exact) mass is 339 g/mol. The molecule has 0 unspecified atom stereocenters. The first-order chi connectivity index (χ1) is 10.7. The van der Waals surface area contributed by atoms with Crippen LogP contribution in [0.2, 0.25) is 5.02 Å². The van der Waals surface area contributed by atoms with Gasteiger partial charge in [0.15, 0.2) is 11.4 Å². The Balaban J connectivity index is 1.66. The van der Waals surface area contributed by atoms with Gasteiger partial charge in [-0.1, -0.05) is 28.5 Å². The standard InChI is InChI=1S/C14H14ClN3O3S/c1-3-19-8(2)13-17-12(21-18-13)7-22-14-16-10-6-9(15)4-5-11(10)20-14/h4-6,8H,3,7H2,1-2H3/t8-/m0/s1. The van der Waals surface area contributed by atoms with Crippen LogP contribution in [0.5, 0.6) is 0 Å². The Labute approximate surface area is 136 Å². The first-order valence-electron chi connectivity index (χ1n) is 6.78. The second kappa shape index (κ2) is 6.68. The summed E-state index contributed by atoms with van der Waals surface area (Å²) < 4.78 is 16.2. The maximum absolute atomic E-state index is 5.93. The Morgan fingerprint density at radius 1 is 1.36 bits per heavy atom. The second-order valence-electron chi connectivity index (χ2n) is 4.52. The van der Waals surface area contributed by atoms with E-state index in [2.05, 4.69) is 15.1 Å². The lowest BCUT2D eigenvalue weighted by molar-refractivity contribution is 0.0683. The second-order valence-corrected chi connectivity index (χ2v) is 5.89. The fraction of sp³-hybridized carbons (Fsp3) is 0.357. The summed E-state index contributed by atoms with van der Waals surface area (Å²) in [5.74, 6) is 1.53. The number of rotatable bonds is 6. The molecule has 0 radical (unpaired) electrons. The van der Waals surface area contributed by atoms with E-state index in [0.717, 1.165) is 5.52 Å². The molecule has 0 N–H and O–H groups in total. The number of oxazole rings is 1. The fourth-order valence-corrected chi connectivity index (χ4v) is 2.72. The van der Waals surface area contributed by atoms with Gasteiger partial charge in [0.2, 0.25) is 5.89 Å². The van der Waals surface area contributed by atoms with E-state index in [1.807, 2.05) is 13.8 Å².